The van der Waals surface area contributed by atoms with Gasteiger partial charge in [0.15, 0.2) is 0 Å². The van der Waals surface area contributed by atoms with Gasteiger partial charge in [-0.3, -0.25) is 4.72 Å². The maximum atomic E-state index is 12.4. The fraction of sp³-hybridized carbons (Fsp3) is 0.250. The van der Waals surface area contributed by atoms with Gasteiger partial charge in [-0.25, -0.2) is 8.42 Å². The topological polar surface area (TPSA) is 55.4 Å². The lowest BCUT2D eigenvalue weighted by molar-refractivity contribution is 0.242. The molecule has 0 unspecified atom stereocenters. The van der Waals surface area contributed by atoms with Gasteiger partial charge in [-0.1, -0.05) is 15.9 Å². The first-order valence-corrected chi connectivity index (χ1v) is 9.11. The van der Waals surface area contributed by atoms with E-state index >= 15 is 0 Å². The van der Waals surface area contributed by atoms with Crippen LogP contribution < -0.4 is 9.46 Å². The molecule has 2 aromatic carbocycles. The third kappa shape index (κ3) is 4.24. The lowest BCUT2D eigenvalue weighted by Gasteiger charge is -2.12. The van der Waals surface area contributed by atoms with Crippen LogP contribution in [0.5, 0.6) is 5.75 Å². The van der Waals surface area contributed by atoms with Gasteiger partial charge in [0.05, 0.1) is 16.7 Å². The molecule has 0 saturated carbocycles. The maximum absolute atomic E-state index is 12.4. The van der Waals surface area contributed by atoms with Crippen LogP contribution in [0.2, 0.25) is 0 Å². The summed E-state index contributed by atoms with van der Waals surface area (Å²) in [7, 11) is -3.61. The van der Waals surface area contributed by atoms with Crippen molar-refractivity contribution in [1.29, 1.82) is 0 Å². The molecule has 0 fully saturated rings. The summed E-state index contributed by atoms with van der Waals surface area (Å²) in [5.41, 5.74) is 1.41. The van der Waals surface area contributed by atoms with Crippen LogP contribution in [-0.4, -0.2) is 14.5 Å². The normalized spacial score (nSPS) is 11.5. The van der Waals surface area contributed by atoms with Crippen molar-refractivity contribution < 1.29 is 13.2 Å². The summed E-state index contributed by atoms with van der Waals surface area (Å²) < 4.78 is 33.8. The minimum atomic E-state index is -3.61. The summed E-state index contributed by atoms with van der Waals surface area (Å²) in [5.74, 6) is 0.647. The molecule has 2 rings (SSSR count). The molecule has 0 saturated heterocycles. The predicted octanol–water partition coefficient (Wildman–Crippen LogP) is 4.35. The third-order valence-electron chi connectivity index (χ3n) is 2.94. The number of hydrogen-bond donors (Lipinski definition) is 1. The molecule has 0 bridgehead atoms. The molecule has 0 radical (unpaired) electrons. The van der Waals surface area contributed by atoms with Crippen molar-refractivity contribution in [2.75, 3.05) is 4.72 Å². The largest absolute Gasteiger partial charge is 0.491 e. The molecule has 4 nitrogen and oxygen atoms in total. The summed E-state index contributed by atoms with van der Waals surface area (Å²) >= 11 is 3.36. The maximum Gasteiger partial charge on any atom is 0.261 e. The Morgan fingerprint density at radius 2 is 1.73 bits per heavy atom. The van der Waals surface area contributed by atoms with E-state index in [-0.39, 0.29) is 11.0 Å². The zero-order valence-electron chi connectivity index (χ0n) is 12.6. The third-order valence-corrected chi connectivity index (χ3v) is 4.81. The monoisotopic (exact) mass is 383 g/mol. The predicted molar refractivity (Wildman–Crippen MR) is 91.9 cm³/mol. The number of sulfonamides is 1. The zero-order chi connectivity index (χ0) is 16.3. The SMILES string of the molecule is Cc1cc(Br)ccc1NS(=O)(=O)c1ccc(OC(C)C)cc1. The first-order valence-electron chi connectivity index (χ1n) is 6.83. The van der Waals surface area contributed by atoms with Gasteiger partial charge >= 0.3 is 0 Å². The summed E-state index contributed by atoms with van der Waals surface area (Å²) in [6, 6.07) is 11.8. The van der Waals surface area contributed by atoms with Crippen LogP contribution in [0.4, 0.5) is 5.69 Å². The molecule has 2 aromatic rings. The Bertz CT molecular complexity index is 755. The van der Waals surface area contributed by atoms with E-state index in [2.05, 4.69) is 20.7 Å². The van der Waals surface area contributed by atoms with Crippen LogP contribution in [0.25, 0.3) is 0 Å². The molecule has 118 valence electrons. The number of benzene rings is 2. The fourth-order valence-electron chi connectivity index (χ4n) is 1.91. The van der Waals surface area contributed by atoms with Crippen molar-refractivity contribution in [3.63, 3.8) is 0 Å². The molecule has 0 aliphatic heterocycles. The number of rotatable bonds is 5. The highest BCUT2D eigenvalue weighted by molar-refractivity contribution is 9.10. The number of aryl methyl sites for hydroxylation is 1. The Hall–Kier alpha value is -1.53. The number of hydrogen-bond acceptors (Lipinski definition) is 3. The van der Waals surface area contributed by atoms with Crippen molar-refractivity contribution >= 4 is 31.6 Å². The van der Waals surface area contributed by atoms with Crippen molar-refractivity contribution in [2.24, 2.45) is 0 Å². The van der Waals surface area contributed by atoms with E-state index in [1.165, 1.54) is 12.1 Å². The highest BCUT2D eigenvalue weighted by Gasteiger charge is 2.15. The minimum absolute atomic E-state index is 0.0472. The first kappa shape index (κ1) is 16.8. The van der Waals surface area contributed by atoms with Crippen molar-refractivity contribution in [3.8, 4) is 5.75 Å². The van der Waals surface area contributed by atoms with Gasteiger partial charge in [0.2, 0.25) is 0 Å². The van der Waals surface area contributed by atoms with E-state index in [0.717, 1.165) is 10.0 Å². The average molecular weight is 384 g/mol. The van der Waals surface area contributed by atoms with Crippen LogP contribution in [0.3, 0.4) is 0 Å². The second-order valence-electron chi connectivity index (χ2n) is 5.20. The Morgan fingerprint density at radius 1 is 1.09 bits per heavy atom. The second kappa shape index (κ2) is 6.71. The van der Waals surface area contributed by atoms with Crippen LogP contribution in [0.1, 0.15) is 19.4 Å². The van der Waals surface area contributed by atoms with Gasteiger partial charge in [-0.15, -0.1) is 0 Å². The molecule has 0 aliphatic rings. The number of anilines is 1. The fourth-order valence-corrected chi connectivity index (χ4v) is 3.52. The summed E-state index contributed by atoms with van der Waals surface area (Å²) in [6.45, 7) is 5.69. The van der Waals surface area contributed by atoms with E-state index in [1.54, 1.807) is 24.3 Å². The lowest BCUT2D eigenvalue weighted by Crippen LogP contribution is -2.14. The Labute approximate surface area is 139 Å². The van der Waals surface area contributed by atoms with Gasteiger partial charge in [-0.2, -0.15) is 0 Å². The van der Waals surface area contributed by atoms with Gasteiger partial charge in [0.1, 0.15) is 5.75 Å². The standard InChI is InChI=1S/C16H18BrNO3S/c1-11(2)21-14-5-7-15(8-6-14)22(19,20)18-16-9-4-13(17)10-12(16)3/h4-11,18H,1-3H3. The van der Waals surface area contributed by atoms with Crippen LogP contribution in [-0.2, 0) is 10.0 Å². The molecule has 22 heavy (non-hydrogen) atoms. The van der Waals surface area contributed by atoms with Crippen LogP contribution >= 0.6 is 15.9 Å². The molecule has 0 spiro atoms. The van der Waals surface area contributed by atoms with Crippen molar-refractivity contribution in [3.05, 3.63) is 52.5 Å². The quantitative estimate of drug-likeness (QED) is 0.834. The smallest absolute Gasteiger partial charge is 0.261 e. The Balaban J connectivity index is 2.23. The average Bonchev–Trinajstić information content (AvgIpc) is 2.42. The number of nitrogens with one attached hydrogen (secondary N) is 1. The summed E-state index contributed by atoms with van der Waals surface area (Å²) in [5, 5.41) is 0. The molecule has 0 atom stereocenters. The molecule has 1 N–H and O–H groups in total. The van der Waals surface area contributed by atoms with Crippen LogP contribution in [0.15, 0.2) is 51.8 Å². The Kier molecular flexibility index (Phi) is 5.13. The Morgan fingerprint density at radius 3 is 2.27 bits per heavy atom. The van der Waals surface area contributed by atoms with Gasteiger partial charge < -0.3 is 4.74 Å². The van der Waals surface area contributed by atoms with Crippen molar-refractivity contribution in [2.45, 2.75) is 31.8 Å². The van der Waals surface area contributed by atoms with Gasteiger partial charge in [0, 0.05) is 4.47 Å². The van der Waals surface area contributed by atoms with Gasteiger partial charge in [-0.05, 0) is 68.8 Å². The van der Waals surface area contributed by atoms with Crippen LogP contribution in [0, 0.1) is 6.92 Å². The van der Waals surface area contributed by atoms with Gasteiger partial charge in [0.25, 0.3) is 10.0 Å². The summed E-state index contributed by atoms with van der Waals surface area (Å²) in [6.07, 6.45) is 0.0472. The van der Waals surface area contributed by atoms with E-state index in [0.29, 0.717) is 11.4 Å². The molecule has 0 aliphatic carbocycles. The number of ether oxygens (including phenoxy) is 1. The minimum Gasteiger partial charge on any atom is -0.491 e. The zero-order valence-corrected chi connectivity index (χ0v) is 15.0. The highest BCUT2D eigenvalue weighted by atomic mass is 79.9. The summed E-state index contributed by atoms with van der Waals surface area (Å²) in [4.78, 5) is 0.200. The van der Waals surface area contributed by atoms with Crippen molar-refractivity contribution in [1.82, 2.24) is 0 Å². The molecule has 0 aromatic heterocycles. The molecule has 0 heterocycles. The highest BCUT2D eigenvalue weighted by Crippen LogP contribution is 2.24. The first-order chi connectivity index (χ1) is 10.3. The molecule has 0 amide bonds. The molecular formula is C16H18BrNO3S. The molecular weight excluding hydrogens is 366 g/mol. The second-order valence-corrected chi connectivity index (χ2v) is 7.80. The lowest BCUT2D eigenvalue weighted by atomic mass is 10.2. The van der Waals surface area contributed by atoms with E-state index in [1.807, 2.05) is 26.8 Å². The molecule has 6 heteroatoms. The number of halogens is 1. The van der Waals surface area contributed by atoms with E-state index in [4.69, 9.17) is 4.74 Å². The van der Waals surface area contributed by atoms with E-state index < -0.39 is 10.0 Å². The van der Waals surface area contributed by atoms with E-state index in [9.17, 15) is 8.42 Å².